The highest BCUT2D eigenvalue weighted by molar-refractivity contribution is 7.89. The van der Waals surface area contributed by atoms with Crippen LogP contribution in [-0.2, 0) is 10.0 Å². The number of alkyl halides is 3. The molecule has 3 N–H and O–H groups in total. The molecule has 0 aliphatic rings. The van der Waals surface area contributed by atoms with E-state index in [1.807, 2.05) is 0 Å². The van der Waals surface area contributed by atoms with Gasteiger partial charge in [0.25, 0.3) is 0 Å². The highest BCUT2D eigenvalue weighted by Gasteiger charge is 2.38. The Labute approximate surface area is 99.5 Å². The molecule has 0 saturated carbocycles. The number of aromatic amines is 1. The monoisotopic (exact) mass is 286 g/mol. The Morgan fingerprint density at radius 2 is 2.06 bits per heavy atom. The molecule has 0 saturated heterocycles. The van der Waals surface area contributed by atoms with Crippen LogP contribution in [0.4, 0.5) is 13.2 Å². The van der Waals surface area contributed by atoms with Gasteiger partial charge in [0, 0.05) is 25.0 Å². The summed E-state index contributed by atoms with van der Waals surface area (Å²) in [5, 5.41) is 8.63. The van der Waals surface area contributed by atoms with Crippen molar-refractivity contribution in [3.8, 4) is 0 Å². The van der Waals surface area contributed by atoms with Gasteiger partial charge in [-0.3, -0.25) is 4.79 Å². The molecular weight excluding hydrogens is 277 g/mol. The first-order valence-corrected chi connectivity index (χ1v) is 6.04. The fourth-order valence-electron chi connectivity index (χ4n) is 0.993. The third kappa shape index (κ3) is 3.55. The first-order valence-electron chi connectivity index (χ1n) is 4.56. The van der Waals surface area contributed by atoms with Gasteiger partial charge < -0.3 is 10.1 Å². The number of hydrogen-bond donors (Lipinski definition) is 3. The van der Waals surface area contributed by atoms with Crippen LogP contribution in [0.25, 0.3) is 0 Å². The first-order chi connectivity index (χ1) is 8.14. The molecule has 0 amide bonds. The average molecular weight is 286 g/mol. The van der Waals surface area contributed by atoms with Crippen molar-refractivity contribution in [3.63, 3.8) is 0 Å². The minimum atomic E-state index is -4.94. The fraction of sp³-hybridized carbons (Fsp3) is 0.375. The molecule has 1 aromatic heterocycles. The number of pyridine rings is 1. The Bertz CT molecular complexity index is 566. The molecular formula is C8H9F3N2O4S. The summed E-state index contributed by atoms with van der Waals surface area (Å²) in [6.07, 6.45) is -5.77. The van der Waals surface area contributed by atoms with E-state index in [0.717, 1.165) is 12.3 Å². The number of aliphatic hydroxyl groups is 1. The molecule has 0 aliphatic carbocycles. The summed E-state index contributed by atoms with van der Waals surface area (Å²) < 4.78 is 60.3. The quantitative estimate of drug-likeness (QED) is 0.699. The van der Waals surface area contributed by atoms with E-state index in [4.69, 9.17) is 5.11 Å². The van der Waals surface area contributed by atoms with Gasteiger partial charge in [0.15, 0.2) is 6.10 Å². The standard InChI is InChI=1S/C8H9F3N2O4S/c9-8(10,11)7(15)4-13-18(16,17)6-3-12-2-1-5(6)14/h1-3,7,13,15H,4H2,(H,12,14). The summed E-state index contributed by atoms with van der Waals surface area (Å²) in [5.74, 6) is 0. The van der Waals surface area contributed by atoms with Crippen molar-refractivity contribution >= 4 is 10.0 Å². The molecule has 0 radical (unpaired) electrons. The van der Waals surface area contributed by atoms with Gasteiger partial charge in [-0.05, 0) is 0 Å². The van der Waals surface area contributed by atoms with Gasteiger partial charge in [-0.25, -0.2) is 13.1 Å². The smallest absolute Gasteiger partial charge is 0.382 e. The summed E-state index contributed by atoms with van der Waals surface area (Å²) >= 11 is 0. The van der Waals surface area contributed by atoms with E-state index in [2.05, 4.69) is 4.98 Å². The van der Waals surface area contributed by atoms with Crippen LogP contribution in [0.1, 0.15) is 0 Å². The van der Waals surface area contributed by atoms with E-state index in [1.54, 1.807) is 0 Å². The zero-order valence-electron chi connectivity index (χ0n) is 8.73. The Balaban J connectivity index is 2.85. The van der Waals surface area contributed by atoms with E-state index >= 15 is 0 Å². The van der Waals surface area contributed by atoms with Crippen LogP contribution < -0.4 is 10.2 Å². The van der Waals surface area contributed by atoms with Crippen molar-refractivity contribution in [2.75, 3.05) is 6.54 Å². The van der Waals surface area contributed by atoms with Crippen LogP contribution in [0.5, 0.6) is 0 Å². The van der Waals surface area contributed by atoms with Crippen molar-refractivity contribution in [1.82, 2.24) is 9.71 Å². The number of halogens is 3. The third-order valence-corrected chi connectivity index (χ3v) is 3.37. The van der Waals surface area contributed by atoms with Gasteiger partial charge in [0.05, 0.1) is 0 Å². The summed E-state index contributed by atoms with van der Waals surface area (Å²) in [4.78, 5) is 12.8. The van der Waals surface area contributed by atoms with Crippen molar-refractivity contribution in [1.29, 1.82) is 0 Å². The second kappa shape index (κ2) is 5.08. The predicted octanol–water partition coefficient (Wildman–Crippen LogP) is -0.424. The third-order valence-electron chi connectivity index (χ3n) is 1.92. The molecule has 0 aromatic carbocycles. The SMILES string of the molecule is O=c1cc[nH]cc1S(=O)(=O)NCC(O)C(F)(F)F. The Hall–Kier alpha value is -1.39. The van der Waals surface area contributed by atoms with Crippen LogP contribution in [0.3, 0.4) is 0 Å². The largest absolute Gasteiger partial charge is 0.415 e. The summed E-state index contributed by atoms with van der Waals surface area (Å²) in [6.45, 7) is -1.26. The number of aromatic nitrogens is 1. The zero-order valence-corrected chi connectivity index (χ0v) is 9.55. The predicted molar refractivity (Wildman–Crippen MR) is 54.3 cm³/mol. The van der Waals surface area contributed by atoms with Crippen LogP contribution in [0.15, 0.2) is 28.2 Å². The maximum Gasteiger partial charge on any atom is 0.415 e. The van der Waals surface area contributed by atoms with Gasteiger partial charge >= 0.3 is 6.18 Å². The molecule has 6 nitrogen and oxygen atoms in total. The maximum atomic E-state index is 12.0. The van der Waals surface area contributed by atoms with Crippen molar-refractivity contribution in [2.45, 2.75) is 17.2 Å². The molecule has 0 fully saturated rings. The van der Waals surface area contributed by atoms with Gasteiger partial charge in [-0.1, -0.05) is 0 Å². The van der Waals surface area contributed by atoms with Crippen LogP contribution >= 0.6 is 0 Å². The first kappa shape index (κ1) is 14.7. The lowest BCUT2D eigenvalue weighted by Gasteiger charge is -2.14. The molecule has 1 aromatic rings. The second-order valence-electron chi connectivity index (χ2n) is 3.28. The second-order valence-corrected chi connectivity index (χ2v) is 5.02. The van der Waals surface area contributed by atoms with Gasteiger partial charge in [0.2, 0.25) is 15.5 Å². The van der Waals surface area contributed by atoms with E-state index in [1.165, 1.54) is 10.9 Å². The molecule has 18 heavy (non-hydrogen) atoms. The lowest BCUT2D eigenvalue weighted by molar-refractivity contribution is -0.200. The number of sulfonamides is 1. The van der Waals surface area contributed by atoms with Gasteiger partial charge in [-0.2, -0.15) is 13.2 Å². The highest BCUT2D eigenvalue weighted by Crippen LogP contribution is 2.19. The van der Waals surface area contributed by atoms with Crippen molar-refractivity contribution < 1.29 is 26.7 Å². The fourth-order valence-corrected chi connectivity index (χ4v) is 2.08. The van der Waals surface area contributed by atoms with Gasteiger partial charge in [-0.15, -0.1) is 0 Å². The van der Waals surface area contributed by atoms with E-state index in [9.17, 15) is 26.4 Å². The van der Waals surface area contributed by atoms with Crippen molar-refractivity contribution in [3.05, 3.63) is 28.7 Å². The molecule has 0 bridgehead atoms. The number of H-pyrrole nitrogens is 1. The minimum absolute atomic E-state index is 0.723. The number of rotatable bonds is 4. The van der Waals surface area contributed by atoms with E-state index in [0.29, 0.717) is 0 Å². The van der Waals surface area contributed by atoms with Crippen LogP contribution in [0.2, 0.25) is 0 Å². The summed E-state index contributed by atoms with van der Waals surface area (Å²) in [7, 11) is -4.40. The normalized spacial score (nSPS) is 14.4. The number of nitrogens with one attached hydrogen (secondary N) is 2. The zero-order chi connectivity index (χ0) is 14.0. The minimum Gasteiger partial charge on any atom is -0.382 e. The Kier molecular flexibility index (Phi) is 4.14. The molecule has 0 spiro atoms. The molecule has 1 atom stereocenters. The molecule has 0 aliphatic heterocycles. The average Bonchev–Trinajstić information content (AvgIpc) is 2.25. The molecule has 1 rings (SSSR count). The Morgan fingerprint density at radius 1 is 1.44 bits per heavy atom. The topological polar surface area (TPSA) is 99.3 Å². The summed E-state index contributed by atoms with van der Waals surface area (Å²) in [6, 6.07) is 0.911. The van der Waals surface area contributed by atoms with Crippen LogP contribution in [0, 0.1) is 0 Å². The highest BCUT2D eigenvalue weighted by atomic mass is 32.2. The number of aliphatic hydroxyl groups excluding tert-OH is 1. The lowest BCUT2D eigenvalue weighted by Crippen LogP contribution is -2.41. The van der Waals surface area contributed by atoms with Crippen LogP contribution in [-0.4, -0.2) is 37.3 Å². The number of hydrogen-bond acceptors (Lipinski definition) is 4. The van der Waals surface area contributed by atoms with Crippen molar-refractivity contribution in [2.24, 2.45) is 0 Å². The molecule has 1 unspecified atom stereocenters. The molecule has 102 valence electrons. The van der Waals surface area contributed by atoms with E-state index < -0.39 is 39.2 Å². The summed E-state index contributed by atoms with van der Waals surface area (Å²) in [5.41, 5.74) is -0.872. The molecule has 10 heteroatoms. The maximum absolute atomic E-state index is 12.0. The Morgan fingerprint density at radius 3 is 2.56 bits per heavy atom. The van der Waals surface area contributed by atoms with E-state index in [-0.39, 0.29) is 0 Å². The van der Waals surface area contributed by atoms with Gasteiger partial charge in [0.1, 0.15) is 4.90 Å². The molecule has 1 heterocycles. The lowest BCUT2D eigenvalue weighted by atomic mass is 10.4.